The second-order valence-corrected chi connectivity index (χ2v) is 5.85. The van der Waals surface area contributed by atoms with Gasteiger partial charge in [0.1, 0.15) is 17.5 Å². The Balaban J connectivity index is 1.73. The monoisotopic (exact) mass is 319 g/mol. The molecule has 0 heterocycles. The zero-order chi connectivity index (χ0) is 16.4. The number of hydrogen-bond donors (Lipinski definition) is 1. The van der Waals surface area contributed by atoms with Crippen LogP contribution in [0.1, 0.15) is 30.0 Å². The molecule has 1 amide bonds. The lowest BCUT2D eigenvalue weighted by Crippen LogP contribution is -2.31. The summed E-state index contributed by atoms with van der Waals surface area (Å²) in [4.78, 5) is 12.2. The van der Waals surface area contributed by atoms with Gasteiger partial charge in [0.2, 0.25) is 5.91 Å². The van der Waals surface area contributed by atoms with Crippen molar-refractivity contribution in [2.24, 2.45) is 5.92 Å². The van der Waals surface area contributed by atoms with Gasteiger partial charge in [-0.25, -0.2) is 13.2 Å². The van der Waals surface area contributed by atoms with Crippen LogP contribution in [0.2, 0.25) is 0 Å². The average Bonchev–Trinajstić information content (AvgIpc) is 3.33. The highest BCUT2D eigenvalue weighted by Gasteiger charge is 2.33. The molecule has 1 aliphatic rings. The molecule has 2 aromatic rings. The summed E-state index contributed by atoms with van der Waals surface area (Å²) in [5.41, 5.74) is 0.705. The first-order valence-electron chi connectivity index (χ1n) is 7.51. The Bertz CT molecular complexity index is 728. The molecule has 1 N–H and O–H groups in total. The minimum Gasteiger partial charge on any atom is -0.349 e. The molecule has 0 radical (unpaired) electrons. The van der Waals surface area contributed by atoms with Gasteiger partial charge in [-0.15, -0.1) is 0 Å². The summed E-state index contributed by atoms with van der Waals surface area (Å²) in [6, 6.07) is 8.83. The van der Waals surface area contributed by atoms with E-state index in [1.54, 1.807) is 12.1 Å². The summed E-state index contributed by atoms with van der Waals surface area (Å²) >= 11 is 0. The predicted molar refractivity (Wildman–Crippen MR) is 80.1 cm³/mol. The number of halogens is 3. The van der Waals surface area contributed by atoms with Crippen molar-refractivity contribution in [3.8, 4) is 0 Å². The molecule has 1 fully saturated rings. The second-order valence-electron chi connectivity index (χ2n) is 5.85. The molecule has 1 atom stereocenters. The number of benzene rings is 2. The van der Waals surface area contributed by atoms with Crippen LogP contribution in [0.4, 0.5) is 13.2 Å². The maximum Gasteiger partial charge on any atom is 0.225 e. The normalized spacial score (nSPS) is 15.3. The van der Waals surface area contributed by atoms with Crippen LogP contribution in [0.3, 0.4) is 0 Å². The molecule has 0 unspecified atom stereocenters. The van der Waals surface area contributed by atoms with Crippen molar-refractivity contribution in [2.45, 2.75) is 25.3 Å². The molecule has 2 aromatic carbocycles. The lowest BCUT2D eigenvalue weighted by molar-refractivity contribution is -0.121. The Labute approximate surface area is 132 Å². The van der Waals surface area contributed by atoms with Crippen LogP contribution in [0.5, 0.6) is 0 Å². The van der Waals surface area contributed by atoms with E-state index in [2.05, 4.69) is 5.32 Å². The third-order valence-corrected chi connectivity index (χ3v) is 3.98. The number of carbonyl (C=O) groups is 1. The highest BCUT2D eigenvalue weighted by Crippen LogP contribution is 2.41. The standard InChI is InChI=1S/C18H16F3NO/c19-14-3-1-2-12(8-14)18(11-4-5-11)22-17(23)10-13-9-15(20)6-7-16(13)21/h1-3,6-9,11,18H,4-5,10H2,(H,22,23)/t18-/m0/s1. The van der Waals surface area contributed by atoms with Gasteiger partial charge in [-0.2, -0.15) is 0 Å². The van der Waals surface area contributed by atoms with E-state index in [0.29, 0.717) is 5.56 Å². The Morgan fingerprint density at radius 2 is 1.83 bits per heavy atom. The van der Waals surface area contributed by atoms with Crippen molar-refractivity contribution in [3.05, 3.63) is 71.0 Å². The third-order valence-electron chi connectivity index (χ3n) is 3.98. The van der Waals surface area contributed by atoms with Gasteiger partial charge in [-0.1, -0.05) is 12.1 Å². The zero-order valence-corrected chi connectivity index (χ0v) is 12.4. The number of hydrogen-bond acceptors (Lipinski definition) is 1. The van der Waals surface area contributed by atoms with Gasteiger partial charge in [0.25, 0.3) is 0 Å². The van der Waals surface area contributed by atoms with Crippen LogP contribution < -0.4 is 5.32 Å². The largest absolute Gasteiger partial charge is 0.349 e. The molecule has 0 aliphatic heterocycles. The van der Waals surface area contributed by atoms with Crippen LogP contribution in [0.25, 0.3) is 0 Å². The Morgan fingerprint density at radius 1 is 1.09 bits per heavy atom. The average molecular weight is 319 g/mol. The van der Waals surface area contributed by atoms with Crippen LogP contribution >= 0.6 is 0 Å². The molecule has 0 spiro atoms. The first-order chi connectivity index (χ1) is 11.0. The van der Waals surface area contributed by atoms with Gasteiger partial charge in [-0.3, -0.25) is 4.79 Å². The molecule has 0 saturated heterocycles. The first kappa shape index (κ1) is 15.6. The van der Waals surface area contributed by atoms with Gasteiger partial charge in [0, 0.05) is 5.56 Å². The SMILES string of the molecule is O=C(Cc1cc(F)ccc1F)N[C@H](c1cccc(F)c1)C1CC1. The minimum absolute atomic E-state index is 0.0105. The molecule has 23 heavy (non-hydrogen) atoms. The van der Waals surface area contributed by atoms with E-state index in [1.807, 2.05) is 0 Å². The topological polar surface area (TPSA) is 29.1 Å². The fourth-order valence-corrected chi connectivity index (χ4v) is 2.68. The fourth-order valence-electron chi connectivity index (χ4n) is 2.68. The van der Waals surface area contributed by atoms with E-state index in [0.717, 1.165) is 31.0 Å². The molecular weight excluding hydrogens is 303 g/mol. The van der Waals surface area contributed by atoms with Crippen LogP contribution in [-0.2, 0) is 11.2 Å². The van der Waals surface area contributed by atoms with E-state index in [9.17, 15) is 18.0 Å². The lowest BCUT2D eigenvalue weighted by Gasteiger charge is -2.19. The van der Waals surface area contributed by atoms with Crippen LogP contribution in [0, 0.1) is 23.4 Å². The van der Waals surface area contributed by atoms with Crippen molar-refractivity contribution in [2.75, 3.05) is 0 Å². The Kier molecular flexibility index (Phi) is 4.37. The summed E-state index contributed by atoms with van der Waals surface area (Å²) in [5.74, 6) is -1.71. The number of rotatable bonds is 5. The van der Waals surface area contributed by atoms with Crippen molar-refractivity contribution in [1.82, 2.24) is 5.32 Å². The van der Waals surface area contributed by atoms with E-state index in [1.165, 1.54) is 12.1 Å². The summed E-state index contributed by atoms with van der Waals surface area (Å²) in [6.07, 6.45) is 1.66. The summed E-state index contributed by atoms with van der Waals surface area (Å²) in [6.45, 7) is 0. The fraction of sp³-hybridized carbons (Fsp3) is 0.278. The Hall–Kier alpha value is -2.30. The molecule has 5 heteroatoms. The highest BCUT2D eigenvalue weighted by molar-refractivity contribution is 5.79. The quantitative estimate of drug-likeness (QED) is 0.889. The molecule has 2 nitrogen and oxygen atoms in total. The van der Waals surface area contributed by atoms with Gasteiger partial charge in [-0.05, 0) is 54.7 Å². The van der Waals surface area contributed by atoms with E-state index in [-0.39, 0.29) is 29.8 Å². The van der Waals surface area contributed by atoms with Crippen LogP contribution in [0.15, 0.2) is 42.5 Å². The minimum atomic E-state index is -0.615. The van der Waals surface area contributed by atoms with Crippen molar-refractivity contribution >= 4 is 5.91 Å². The smallest absolute Gasteiger partial charge is 0.225 e. The highest BCUT2D eigenvalue weighted by atomic mass is 19.1. The lowest BCUT2D eigenvalue weighted by atomic mass is 10.0. The maximum atomic E-state index is 13.6. The molecular formula is C18H16F3NO. The predicted octanol–water partition coefficient (Wildman–Crippen LogP) is 3.91. The summed E-state index contributed by atoms with van der Waals surface area (Å²) in [7, 11) is 0. The molecule has 3 rings (SSSR count). The summed E-state index contributed by atoms with van der Waals surface area (Å²) in [5, 5.41) is 2.82. The Morgan fingerprint density at radius 3 is 2.52 bits per heavy atom. The van der Waals surface area contributed by atoms with E-state index in [4.69, 9.17) is 0 Å². The van der Waals surface area contributed by atoms with Crippen LogP contribution in [-0.4, -0.2) is 5.91 Å². The zero-order valence-electron chi connectivity index (χ0n) is 12.4. The van der Waals surface area contributed by atoms with Crippen molar-refractivity contribution < 1.29 is 18.0 Å². The molecule has 1 aliphatic carbocycles. The van der Waals surface area contributed by atoms with E-state index < -0.39 is 17.5 Å². The summed E-state index contributed by atoms with van der Waals surface area (Å²) < 4.78 is 40.2. The van der Waals surface area contributed by atoms with E-state index >= 15 is 0 Å². The number of nitrogens with one attached hydrogen (secondary N) is 1. The molecule has 120 valence electrons. The third kappa shape index (κ3) is 3.92. The second kappa shape index (κ2) is 6.44. The number of carbonyl (C=O) groups excluding carboxylic acids is 1. The maximum absolute atomic E-state index is 13.6. The van der Waals surface area contributed by atoms with Gasteiger partial charge >= 0.3 is 0 Å². The molecule has 0 aromatic heterocycles. The first-order valence-corrected chi connectivity index (χ1v) is 7.51. The van der Waals surface area contributed by atoms with Gasteiger partial charge in [0.05, 0.1) is 12.5 Å². The number of amides is 1. The van der Waals surface area contributed by atoms with Crippen molar-refractivity contribution in [1.29, 1.82) is 0 Å². The molecule has 0 bridgehead atoms. The molecule has 1 saturated carbocycles. The van der Waals surface area contributed by atoms with Gasteiger partial charge in [0.15, 0.2) is 0 Å². The van der Waals surface area contributed by atoms with Crippen molar-refractivity contribution in [3.63, 3.8) is 0 Å². The van der Waals surface area contributed by atoms with Gasteiger partial charge < -0.3 is 5.32 Å².